The van der Waals surface area contributed by atoms with Crippen molar-refractivity contribution in [2.45, 2.75) is 13.3 Å². The predicted molar refractivity (Wildman–Crippen MR) is 68.1 cm³/mol. The maximum atomic E-state index is 12.0. The molecule has 1 rings (SSSR count). The molecule has 1 amide bonds. The van der Waals surface area contributed by atoms with Gasteiger partial charge in [-0.2, -0.15) is 0 Å². The van der Waals surface area contributed by atoms with Crippen LogP contribution in [0.15, 0.2) is 16.6 Å². The Morgan fingerprint density at radius 1 is 1.44 bits per heavy atom. The van der Waals surface area contributed by atoms with Crippen LogP contribution in [0.3, 0.4) is 0 Å². The second kappa shape index (κ2) is 5.34. The first-order valence-corrected chi connectivity index (χ1v) is 5.88. The summed E-state index contributed by atoms with van der Waals surface area (Å²) in [5.74, 6) is 0.545. The van der Waals surface area contributed by atoms with Crippen molar-refractivity contribution in [1.29, 1.82) is 0 Å². The number of hydrogen-bond acceptors (Lipinski definition) is 2. The van der Waals surface area contributed by atoms with E-state index in [2.05, 4.69) is 22.9 Å². The molecular formula is C12H16BrNO2. The minimum atomic E-state index is -0.0483. The highest BCUT2D eigenvalue weighted by atomic mass is 79.9. The molecule has 0 heterocycles. The van der Waals surface area contributed by atoms with Crippen molar-refractivity contribution >= 4 is 21.8 Å². The van der Waals surface area contributed by atoms with Gasteiger partial charge in [0.25, 0.3) is 5.91 Å². The standard InChI is InChI=1S/C12H16BrNO2/c1-5-8-6-9(12(15)14(2)3)11(16-4)10(13)7-8/h6-7H,5H2,1-4H3. The van der Waals surface area contributed by atoms with E-state index in [0.29, 0.717) is 11.3 Å². The Bertz CT molecular complexity index is 402. The average Bonchev–Trinajstić information content (AvgIpc) is 2.26. The Morgan fingerprint density at radius 2 is 2.06 bits per heavy atom. The van der Waals surface area contributed by atoms with Crippen LogP contribution in [0.4, 0.5) is 0 Å². The maximum absolute atomic E-state index is 12.0. The molecule has 0 spiro atoms. The molecule has 0 aliphatic carbocycles. The Hall–Kier alpha value is -1.03. The van der Waals surface area contributed by atoms with Crippen molar-refractivity contribution in [1.82, 2.24) is 4.90 Å². The van der Waals surface area contributed by atoms with E-state index in [4.69, 9.17) is 4.74 Å². The molecule has 0 atom stereocenters. The van der Waals surface area contributed by atoms with Crippen LogP contribution in [-0.4, -0.2) is 32.0 Å². The highest BCUT2D eigenvalue weighted by molar-refractivity contribution is 9.10. The number of carbonyl (C=O) groups excluding carboxylic acids is 1. The molecule has 0 aromatic heterocycles. The van der Waals surface area contributed by atoms with Crippen molar-refractivity contribution in [3.63, 3.8) is 0 Å². The zero-order chi connectivity index (χ0) is 12.3. The lowest BCUT2D eigenvalue weighted by Gasteiger charge is -2.15. The molecule has 1 aromatic rings. The lowest BCUT2D eigenvalue weighted by atomic mass is 10.1. The number of benzene rings is 1. The van der Waals surface area contributed by atoms with E-state index in [9.17, 15) is 4.79 Å². The maximum Gasteiger partial charge on any atom is 0.257 e. The molecule has 0 N–H and O–H groups in total. The molecule has 0 saturated heterocycles. The van der Waals surface area contributed by atoms with Crippen LogP contribution in [0.25, 0.3) is 0 Å². The average molecular weight is 286 g/mol. The Labute approximate surface area is 105 Å². The minimum Gasteiger partial charge on any atom is -0.495 e. The molecular weight excluding hydrogens is 270 g/mol. The number of carbonyl (C=O) groups is 1. The molecule has 1 aromatic carbocycles. The van der Waals surface area contributed by atoms with Gasteiger partial charge in [0.2, 0.25) is 0 Å². The molecule has 0 radical (unpaired) electrons. The van der Waals surface area contributed by atoms with Crippen LogP contribution < -0.4 is 4.74 Å². The molecule has 16 heavy (non-hydrogen) atoms. The smallest absolute Gasteiger partial charge is 0.257 e. The van der Waals surface area contributed by atoms with Gasteiger partial charge in [-0.15, -0.1) is 0 Å². The van der Waals surface area contributed by atoms with Gasteiger partial charge < -0.3 is 9.64 Å². The minimum absolute atomic E-state index is 0.0483. The monoisotopic (exact) mass is 285 g/mol. The van der Waals surface area contributed by atoms with Gasteiger partial charge in [0.15, 0.2) is 0 Å². The molecule has 0 fully saturated rings. The summed E-state index contributed by atoms with van der Waals surface area (Å²) < 4.78 is 6.07. The first kappa shape index (κ1) is 13.0. The van der Waals surface area contributed by atoms with Gasteiger partial charge in [-0.25, -0.2) is 0 Å². The lowest BCUT2D eigenvalue weighted by Crippen LogP contribution is -2.22. The number of rotatable bonds is 3. The van der Waals surface area contributed by atoms with Gasteiger partial charge in [0.05, 0.1) is 17.1 Å². The number of amides is 1. The highest BCUT2D eigenvalue weighted by Crippen LogP contribution is 2.31. The van der Waals surface area contributed by atoms with Gasteiger partial charge in [0, 0.05) is 14.1 Å². The topological polar surface area (TPSA) is 29.5 Å². The zero-order valence-corrected chi connectivity index (χ0v) is 11.6. The molecule has 3 nitrogen and oxygen atoms in total. The molecule has 0 bridgehead atoms. The van der Waals surface area contributed by atoms with Gasteiger partial charge in [-0.1, -0.05) is 6.92 Å². The van der Waals surface area contributed by atoms with Gasteiger partial charge in [-0.3, -0.25) is 4.79 Å². The van der Waals surface area contributed by atoms with Crippen molar-refractivity contribution in [3.8, 4) is 5.75 Å². The van der Waals surface area contributed by atoms with Crippen LogP contribution in [0.5, 0.6) is 5.75 Å². The second-order valence-electron chi connectivity index (χ2n) is 3.71. The number of hydrogen-bond donors (Lipinski definition) is 0. The summed E-state index contributed by atoms with van der Waals surface area (Å²) in [5, 5.41) is 0. The van der Waals surface area contributed by atoms with E-state index in [1.807, 2.05) is 12.1 Å². The third kappa shape index (κ3) is 2.55. The van der Waals surface area contributed by atoms with E-state index < -0.39 is 0 Å². The first-order chi connectivity index (χ1) is 7.51. The summed E-state index contributed by atoms with van der Waals surface area (Å²) in [6.07, 6.45) is 0.885. The summed E-state index contributed by atoms with van der Waals surface area (Å²) in [5.41, 5.74) is 1.71. The Kier molecular flexibility index (Phi) is 4.35. The molecule has 0 unspecified atom stereocenters. The summed E-state index contributed by atoms with van der Waals surface area (Å²) in [6, 6.07) is 3.86. The van der Waals surface area contributed by atoms with Crippen LogP contribution in [0.2, 0.25) is 0 Å². The summed E-state index contributed by atoms with van der Waals surface area (Å²) >= 11 is 3.42. The van der Waals surface area contributed by atoms with Crippen molar-refractivity contribution in [2.75, 3.05) is 21.2 Å². The number of aryl methyl sites for hydroxylation is 1. The van der Waals surface area contributed by atoms with E-state index in [-0.39, 0.29) is 5.91 Å². The predicted octanol–water partition coefficient (Wildman–Crippen LogP) is 2.72. The second-order valence-corrected chi connectivity index (χ2v) is 4.57. The fraction of sp³-hybridized carbons (Fsp3) is 0.417. The lowest BCUT2D eigenvalue weighted by molar-refractivity contribution is 0.0824. The zero-order valence-electron chi connectivity index (χ0n) is 10.0. The summed E-state index contributed by atoms with van der Waals surface area (Å²) in [6.45, 7) is 2.05. The summed E-state index contributed by atoms with van der Waals surface area (Å²) in [7, 11) is 5.03. The van der Waals surface area contributed by atoms with Crippen molar-refractivity contribution in [2.24, 2.45) is 0 Å². The van der Waals surface area contributed by atoms with E-state index in [0.717, 1.165) is 16.5 Å². The van der Waals surface area contributed by atoms with Crippen LogP contribution >= 0.6 is 15.9 Å². The molecule has 0 saturated carbocycles. The Morgan fingerprint density at radius 3 is 2.50 bits per heavy atom. The number of ether oxygens (including phenoxy) is 1. The number of nitrogens with zero attached hydrogens (tertiary/aromatic N) is 1. The number of halogens is 1. The molecule has 88 valence electrons. The van der Waals surface area contributed by atoms with E-state index in [1.165, 1.54) is 0 Å². The summed E-state index contributed by atoms with van der Waals surface area (Å²) in [4.78, 5) is 13.5. The third-order valence-corrected chi connectivity index (χ3v) is 2.94. The van der Waals surface area contributed by atoms with Gasteiger partial charge in [-0.05, 0) is 40.0 Å². The SMILES string of the molecule is CCc1cc(Br)c(OC)c(C(=O)N(C)C)c1. The van der Waals surface area contributed by atoms with Gasteiger partial charge in [0.1, 0.15) is 5.75 Å². The normalized spacial score (nSPS) is 10.1. The van der Waals surface area contributed by atoms with Crippen molar-refractivity contribution in [3.05, 3.63) is 27.7 Å². The largest absolute Gasteiger partial charge is 0.495 e. The van der Waals surface area contributed by atoms with Gasteiger partial charge >= 0.3 is 0 Å². The molecule has 0 aliphatic heterocycles. The fourth-order valence-corrected chi connectivity index (χ4v) is 2.13. The quantitative estimate of drug-likeness (QED) is 0.855. The van der Waals surface area contributed by atoms with Crippen LogP contribution in [0, 0.1) is 0 Å². The first-order valence-electron chi connectivity index (χ1n) is 5.09. The van der Waals surface area contributed by atoms with Crippen molar-refractivity contribution < 1.29 is 9.53 Å². The molecule has 4 heteroatoms. The van der Waals surface area contributed by atoms with E-state index >= 15 is 0 Å². The van der Waals surface area contributed by atoms with Crippen LogP contribution in [0.1, 0.15) is 22.8 Å². The fourth-order valence-electron chi connectivity index (χ4n) is 1.46. The number of methoxy groups -OCH3 is 1. The highest BCUT2D eigenvalue weighted by Gasteiger charge is 2.17. The third-order valence-electron chi connectivity index (χ3n) is 2.35. The Balaban J connectivity index is 3.33. The van der Waals surface area contributed by atoms with Crippen LogP contribution in [-0.2, 0) is 6.42 Å². The van der Waals surface area contributed by atoms with E-state index in [1.54, 1.807) is 26.1 Å². The molecule has 0 aliphatic rings.